The van der Waals surface area contributed by atoms with Crippen LogP contribution in [-0.4, -0.2) is 42.9 Å². The summed E-state index contributed by atoms with van der Waals surface area (Å²) in [4.78, 5) is 8.40. The maximum Gasteiger partial charge on any atom is 0.204 e. The fourth-order valence-electron chi connectivity index (χ4n) is 2.21. The summed E-state index contributed by atoms with van der Waals surface area (Å²) in [5.41, 5.74) is 0. The summed E-state index contributed by atoms with van der Waals surface area (Å²) in [5.74, 6) is 2.11. The van der Waals surface area contributed by atoms with Gasteiger partial charge in [0.15, 0.2) is 11.6 Å². The number of hydrogen-bond donors (Lipinski definition) is 2. The Balaban J connectivity index is 1.92. The van der Waals surface area contributed by atoms with Gasteiger partial charge in [-0.15, -0.1) is 0 Å². The summed E-state index contributed by atoms with van der Waals surface area (Å²) in [6, 6.07) is 0. The van der Waals surface area contributed by atoms with E-state index in [0.29, 0.717) is 11.9 Å². The highest BCUT2D eigenvalue weighted by Gasteiger charge is 2.16. The molecule has 0 radical (unpaired) electrons. The van der Waals surface area contributed by atoms with Crippen molar-refractivity contribution in [3.8, 4) is 5.75 Å². The van der Waals surface area contributed by atoms with Crippen LogP contribution in [0.15, 0.2) is 6.33 Å². The molecule has 1 fully saturated rings. The van der Waals surface area contributed by atoms with Crippen LogP contribution in [0.25, 0.3) is 0 Å². The topological polar surface area (TPSA) is 68.3 Å². The van der Waals surface area contributed by atoms with Crippen LogP contribution in [0.5, 0.6) is 5.75 Å². The molecule has 0 saturated carbocycles. The van der Waals surface area contributed by atoms with Crippen LogP contribution in [0.2, 0.25) is 0 Å². The average Bonchev–Trinajstić information content (AvgIpc) is 2.93. The second-order valence-corrected chi connectivity index (χ2v) is 4.48. The summed E-state index contributed by atoms with van der Waals surface area (Å²) >= 11 is 0. The van der Waals surface area contributed by atoms with Crippen molar-refractivity contribution >= 4 is 11.6 Å². The molecule has 0 aliphatic carbocycles. The van der Waals surface area contributed by atoms with E-state index in [9.17, 15) is 0 Å². The van der Waals surface area contributed by atoms with Crippen molar-refractivity contribution in [3.05, 3.63) is 6.33 Å². The number of hydrogen-bond acceptors (Lipinski definition) is 6. The molecule has 6 heteroatoms. The fraction of sp³-hybridized carbons (Fsp3) is 0.692. The van der Waals surface area contributed by atoms with Crippen molar-refractivity contribution in [2.45, 2.75) is 32.3 Å². The zero-order valence-electron chi connectivity index (χ0n) is 11.6. The molecule has 0 spiro atoms. The van der Waals surface area contributed by atoms with Crippen LogP contribution in [0.1, 0.15) is 26.2 Å². The van der Waals surface area contributed by atoms with Crippen molar-refractivity contribution in [1.82, 2.24) is 9.97 Å². The van der Waals surface area contributed by atoms with Gasteiger partial charge >= 0.3 is 0 Å². The van der Waals surface area contributed by atoms with Gasteiger partial charge in [0, 0.05) is 19.7 Å². The molecular weight excluding hydrogens is 244 g/mol. The van der Waals surface area contributed by atoms with Crippen molar-refractivity contribution < 1.29 is 9.47 Å². The Bertz CT molecular complexity index is 394. The predicted octanol–water partition coefficient (Wildman–Crippen LogP) is 1.90. The maximum absolute atomic E-state index is 5.59. The summed E-state index contributed by atoms with van der Waals surface area (Å²) in [7, 11) is 1.63. The molecule has 0 amide bonds. The Morgan fingerprint density at radius 2 is 2.16 bits per heavy atom. The van der Waals surface area contributed by atoms with Gasteiger partial charge in [-0.05, 0) is 26.2 Å². The number of anilines is 2. The molecule has 0 aromatic carbocycles. The first kappa shape index (κ1) is 13.9. The second kappa shape index (κ2) is 7.13. The van der Waals surface area contributed by atoms with E-state index >= 15 is 0 Å². The molecule has 1 aliphatic rings. The van der Waals surface area contributed by atoms with Crippen molar-refractivity contribution in [2.75, 3.05) is 37.4 Å². The first-order chi connectivity index (χ1) is 9.35. The lowest BCUT2D eigenvalue weighted by molar-refractivity contribution is 0.107. The van der Waals surface area contributed by atoms with E-state index in [1.807, 2.05) is 6.92 Å². The second-order valence-electron chi connectivity index (χ2n) is 4.48. The van der Waals surface area contributed by atoms with Crippen LogP contribution in [-0.2, 0) is 4.74 Å². The lowest BCUT2D eigenvalue weighted by atomic mass is 10.2. The Hall–Kier alpha value is -1.56. The van der Waals surface area contributed by atoms with Gasteiger partial charge in [-0.2, -0.15) is 0 Å². The third kappa shape index (κ3) is 3.70. The Labute approximate surface area is 113 Å². The van der Waals surface area contributed by atoms with Gasteiger partial charge in [0.05, 0.1) is 13.2 Å². The highest BCUT2D eigenvalue weighted by molar-refractivity contribution is 5.63. The molecule has 2 heterocycles. The summed E-state index contributed by atoms with van der Waals surface area (Å²) in [6.45, 7) is 4.53. The molecule has 6 nitrogen and oxygen atoms in total. The zero-order valence-corrected chi connectivity index (χ0v) is 11.6. The first-order valence-corrected chi connectivity index (χ1v) is 6.83. The maximum atomic E-state index is 5.59. The van der Waals surface area contributed by atoms with Crippen molar-refractivity contribution in [1.29, 1.82) is 0 Å². The minimum Gasteiger partial charge on any atom is -0.490 e. The average molecular weight is 266 g/mol. The third-order valence-corrected chi connectivity index (χ3v) is 3.13. The van der Waals surface area contributed by atoms with Gasteiger partial charge in [0.2, 0.25) is 5.75 Å². The smallest absolute Gasteiger partial charge is 0.204 e. The molecule has 1 atom stereocenters. The van der Waals surface area contributed by atoms with E-state index in [4.69, 9.17) is 9.47 Å². The number of ether oxygens (including phenoxy) is 2. The standard InChI is InChI=1S/C13H22N4O2/c1-3-14-12-11(18-2)13(17-9-16-12)15-7-6-10-5-4-8-19-10/h9-10H,3-8H2,1-2H3,(H2,14,15,16,17). The van der Waals surface area contributed by atoms with E-state index in [-0.39, 0.29) is 0 Å². The summed E-state index contributed by atoms with van der Waals surface area (Å²) in [6.07, 6.45) is 5.24. The van der Waals surface area contributed by atoms with Crippen LogP contribution in [0.3, 0.4) is 0 Å². The van der Waals surface area contributed by atoms with Crippen LogP contribution < -0.4 is 15.4 Å². The van der Waals surface area contributed by atoms with Crippen LogP contribution in [0, 0.1) is 0 Å². The Morgan fingerprint density at radius 3 is 2.79 bits per heavy atom. The molecule has 2 rings (SSSR count). The quantitative estimate of drug-likeness (QED) is 0.785. The SMILES string of the molecule is CCNc1ncnc(NCCC2CCCO2)c1OC. The molecule has 106 valence electrons. The van der Waals surface area contributed by atoms with Crippen LogP contribution in [0.4, 0.5) is 11.6 Å². The van der Waals surface area contributed by atoms with Crippen LogP contribution >= 0.6 is 0 Å². The Kier molecular flexibility index (Phi) is 5.20. The predicted molar refractivity (Wildman–Crippen MR) is 74.8 cm³/mol. The summed E-state index contributed by atoms with van der Waals surface area (Å²) < 4.78 is 11.0. The molecule has 1 aromatic rings. The zero-order chi connectivity index (χ0) is 13.5. The van der Waals surface area contributed by atoms with Gasteiger partial charge in [-0.25, -0.2) is 9.97 Å². The van der Waals surface area contributed by atoms with E-state index < -0.39 is 0 Å². The number of nitrogens with one attached hydrogen (secondary N) is 2. The van der Waals surface area contributed by atoms with E-state index in [2.05, 4.69) is 20.6 Å². The summed E-state index contributed by atoms with van der Waals surface area (Å²) in [5, 5.41) is 6.45. The third-order valence-electron chi connectivity index (χ3n) is 3.13. The minimum absolute atomic E-state index is 0.383. The van der Waals surface area contributed by atoms with Crippen molar-refractivity contribution in [3.63, 3.8) is 0 Å². The van der Waals surface area contributed by atoms with E-state index in [1.165, 1.54) is 12.7 Å². The number of nitrogens with zero attached hydrogens (tertiary/aromatic N) is 2. The molecule has 1 unspecified atom stereocenters. The van der Waals surface area contributed by atoms with Gasteiger partial charge < -0.3 is 20.1 Å². The highest BCUT2D eigenvalue weighted by atomic mass is 16.5. The molecule has 19 heavy (non-hydrogen) atoms. The molecule has 0 bridgehead atoms. The van der Waals surface area contributed by atoms with Crippen molar-refractivity contribution in [2.24, 2.45) is 0 Å². The van der Waals surface area contributed by atoms with E-state index in [1.54, 1.807) is 7.11 Å². The molecule has 1 aliphatic heterocycles. The Morgan fingerprint density at radius 1 is 1.37 bits per heavy atom. The normalized spacial score (nSPS) is 18.3. The monoisotopic (exact) mass is 266 g/mol. The highest BCUT2D eigenvalue weighted by Crippen LogP contribution is 2.28. The molecule has 1 saturated heterocycles. The molecular formula is C13H22N4O2. The van der Waals surface area contributed by atoms with E-state index in [0.717, 1.165) is 44.2 Å². The van der Waals surface area contributed by atoms with Gasteiger partial charge in [-0.1, -0.05) is 0 Å². The number of methoxy groups -OCH3 is 1. The number of aromatic nitrogens is 2. The van der Waals surface area contributed by atoms with Gasteiger partial charge in [0.25, 0.3) is 0 Å². The fourth-order valence-corrected chi connectivity index (χ4v) is 2.21. The molecule has 1 aromatic heterocycles. The lowest BCUT2D eigenvalue weighted by Gasteiger charge is -2.14. The first-order valence-electron chi connectivity index (χ1n) is 6.83. The van der Waals surface area contributed by atoms with Gasteiger partial charge in [0.1, 0.15) is 6.33 Å². The van der Waals surface area contributed by atoms with Gasteiger partial charge in [-0.3, -0.25) is 0 Å². The largest absolute Gasteiger partial charge is 0.490 e. The molecule has 2 N–H and O–H groups in total. The number of rotatable bonds is 7. The minimum atomic E-state index is 0.383. The lowest BCUT2D eigenvalue weighted by Crippen LogP contribution is -2.14.